The summed E-state index contributed by atoms with van der Waals surface area (Å²) in [5.41, 5.74) is 3.34. The average Bonchev–Trinajstić information content (AvgIpc) is 2.31. The van der Waals surface area contributed by atoms with Crippen LogP contribution in [0, 0.1) is 36.5 Å². The summed E-state index contributed by atoms with van der Waals surface area (Å²) in [6.45, 7) is 3.87. The highest BCUT2D eigenvalue weighted by Crippen LogP contribution is 2.26. The van der Waals surface area contributed by atoms with Gasteiger partial charge in [-0.25, -0.2) is 0 Å². The molecule has 0 saturated carbocycles. The molecular weight excluding hydrogens is 196 g/mol. The quantitative estimate of drug-likeness (QED) is 0.664. The Morgan fingerprint density at radius 1 is 0.750 bits per heavy atom. The molecule has 16 heavy (non-hydrogen) atoms. The van der Waals surface area contributed by atoms with Crippen LogP contribution < -0.4 is 0 Å². The van der Waals surface area contributed by atoms with Crippen LogP contribution in [0.15, 0.2) is 24.3 Å². The largest absolute Gasteiger partial charge is 0.192 e. The number of fused-ring (bicyclic) bond motifs is 1. The Kier molecular flexibility index (Phi) is 2.35. The fraction of sp³-hybridized carbons (Fsp3) is 0.143. The fourth-order valence-electron chi connectivity index (χ4n) is 1.95. The minimum atomic E-state index is 0.691. The van der Waals surface area contributed by atoms with Gasteiger partial charge in [0.2, 0.25) is 0 Å². The van der Waals surface area contributed by atoms with E-state index < -0.39 is 0 Å². The van der Waals surface area contributed by atoms with E-state index in [0.29, 0.717) is 11.1 Å². The second-order valence-electron chi connectivity index (χ2n) is 3.79. The van der Waals surface area contributed by atoms with Gasteiger partial charge < -0.3 is 0 Å². The predicted octanol–water partition coefficient (Wildman–Crippen LogP) is 3.20. The van der Waals surface area contributed by atoms with Gasteiger partial charge in [0.1, 0.15) is 0 Å². The van der Waals surface area contributed by atoms with Crippen molar-refractivity contribution in [2.75, 3.05) is 0 Å². The van der Waals surface area contributed by atoms with Gasteiger partial charge in [0.15, 0.2) is 0 Å². The van der Waals surface area contributed by atoms with Gasteiger partial charge in [-0.05, 0) is 47.9 Å². The summed E-state index contributed by atoms with van der Waals surface area (Å²) in [5.74, 6) is 0. The van der Waals surface area contributed by atoms with Crippen molar-refractivity contribution in [1.29, 1.82) is 10.5 Å². The molecule has 0 spiro atoms. The van der Waals surface area contributed by atoms with Crippen molar-refractivity contribution in [3.8, 4) is 12.1 Å². The molecule has 0 aromatic heterocycles. The maximum Gasteiger partial charge on any atom is 0.0994 e. The summed E-state index contributed by atoms with van der Waals surface area (Å²) in [6, 6.07) is 11.8. The Hall–Kier alpha value is -2.32. The highest BCUT2D eigenvalue weighted by molar-refractivity contribution is 5.91. The number of nitrogens with zero attached hydrogens (tertiary/aromatic N) is 2. The zero-order valence-corrected chi connectivity index (χ0v) is 9.20. The van der Waals surface area contributed by atoms with Gasteiger partial charge in [-0.2, -0.15) is 10.5 Å². The molecule has 2 nitrogen and oxygen atoms in total. The minimum Gasteiger partial charge on any atom is -0.192 e. The maximum absolute atomic E-state index is 8.95. The molecule has 0 radical (unpaired) electrons. The summed E-state index contributed by atoms with van der Waals surface area (Å²) >= 11 is 0. The SMILES string of the molecule is Cc1c(C#N)ccc2c(C)c(C#N)ccc12. The number of aryl methyl sites for hydroxylation is 2. The topological polar surface area (TPSA) is 47.6 Å². The molecule has 0 aliphatic rings. The number of benzene rings is 2. The highest BCUT2D eigenvalue weighted by atomic mass is 14.3. The van der Waals surface area contributed by atoms with E-state index in [-0.39, 0.29) is 0 Å². The summed E-state index contributed by atoms with van der Waals surface area (Å²) in [4.78, 5) is 0. The molecular formula is C14H10N2. The van der Waals surface area contributed by atoms with Gasteiger partial charge >= 0.3 is 0 Å². The van der Waals surface area contributed by atoms with E-state index in [4.69, 9.17) is 10.5 Å². The molecule has 0 aliphatic heterocycles. The van der Waals surface area contributed by atoms with E-state index in [0.717, 1.165) is 21.9 Å². The Bertz CT molecular complexity index is 596. The van der Waals surface area contributed by atoms with Gasteiger partial charge in [-0.1, -0.05) is 12.1 Å². The lowest BCUT2D eigenvalue weighted by atomic mass is 9.95. The van der Waals surface area contributed by atoms with Crippen molar-refractivity contribution in [3.63, 3.8) is 0 Å². The second kappa shape index (κ2) is 3.68. The van der Waals surface area contributed by atoms with Gasteiger partial charge in [0, 0.05) is 0 Å². The molecule has 0 unspecified atom stereocenters. The third-order valence-electron chi connectivity index (χ3n) is 2.98. The predicted molar refractivity (Wildman–Crippen MR) is 62.9 cm³/mol. The third kappa shape index (κ3) is 1.33. The lowest BCUT2D eigenvalue weighted by Crippen LogP contribution is -1.89. The smallest absolute Gasteiger partial charge is 0.0994 e. The Balaban J connectivity index is 2.92. The summed E-state index contributed by atoms with van der Waals surface area (Å²) in [5, 5.41) is 20.0. The number of nitriles is 2. The molecule has 0 saturated heterocycles. The van der Waals surface area contributed by atoms with Gasteiger partial charge in [0.25, 0.3) is 0 Å². The molecule has 0 aliphatic carbocycles. The van der Waals surface area contributed by atoms with E-state index in [1.807, 2.05) is 38.1 Å². The average molecular weight is 206 g/mol. The van der Waals surface area contributed by atoms with Gasteiger partial charge in [-0.15, -0.1) is 0 Å². The van der Waals surface area contributed by atoms with Crippen molar-refractivity contribution in [2.24, 2.45) is 0 Å². The van der Waals surface area contributed by atoms with Crippen LogP contribution in [0.5, 0.6) is 0 Å². The monoisotopic (exact) mass is 206 g/mol. The second-order valence-corrected chi connectivity index (χ2v) is 3.79. The molecule has 0 atom stereocenters. The Morgan fingerprint density at radius 2 is 1.12 bits per heavy atom. The molecule has 0 bridgehead atoms. The van der Waals surface area contributed by atoms with Crippen molar-refractivity contribution < 1.29 is 0 Å². The van der Waals surface area contributed by atoms with Crippen LogP contribution in [0.2, 0.25) is 0 Å². The molecule has 0 amide bonds. The van der Waals surface area contributed by atoms with Crippen molar-refractivity contribution in [2.45, 2.75) is 13.8 Å². The van der Waals surface area contributed by atoms with Crippen LogP contribution >= 0.6 is 0 Å². The highest BCUT2D eigenvalue weighted by Gasteiger charge is 2.07. The first kappa shape index (κ1) is 10.2. The molecule has 0 N–H and O–H groups in total. The minimum absolute atomic E-state index is 0.691. The van der Waals surface area contributed by atoms with Crippen molar-refractivity contribution in [1.82, 2.24) is 0 Å². The normalized spacial score (nSPS) is 9.75. The first-order chi connectivity index (χ1) is 7.69. The fourth-order valence-corrected chi connectivity index (χ4v) is 1.95. The number of hydrogen-bond donors (Lipinski definition) is 0. The molecule has 0 fully saturated rings. The molecule has 76 valence electrons. The van der Waals surface area contributed by atoms with Crippen LogP contribution in [0.4, 0.5) is 0 Å². The van der Waals surface area contributed by atoms with Crippen LogP contribution in [0.1, 0.15) is 22.3 Å². The van der Waals surface area contributed by atoms with Gasteiger partial charge in [-0.3, -0.25) is 0 Å². The lowest BCUT2D eigenvalue weighted by molar-refractivity contribution is 1.39. The Morgan fingerprint density at radius 3 is 1.44 bits per heavy atom. The Labute approximate surface area is 94.4 Å². The molecule has 2 aromatic carbocycles. The van der Waals surface area contributed by atoms with E-state index in [1.165, 1.54) is 0 Å². The third-order valence-corrected chi connectivity index (χ3v) is 2.98. The molecule has 2 heteroatoms. The van der Waals surface area contributed by atoms with E-state index in [1.54, 1.807) is 0 Å². The first-order valence-electron chi connectivity index (χ1n) is 5.02. The standard InChI is InChI=1S/C14H10N2/c1-9-11(7-15)3-6-14-10(2)12(8-16)4-5-13(9)14/h3-6H,1-2H3. The zero-order valence-electron chi connectivity index (χ0n) is 9.20. The van der Waals surface area contributed by atoms with Crippen LogP contribution in [0.25, 0.3) is 10.8 Å². The molecule has 0 heterocycles. The number of hydrogen-bond acceptors (Lipinski definition) is 2. The molecule has 2 rings (SSSR count). The van der Waals surface area contributed by atoms with Crippen molar-refractivity contribution >= 4 is 10.8 Å². The van der Waals surface area contributed by atoms with Crippen molar-refractivity contribution in [3.05, 3.63) is 46.5 Å². The molecule has 2 aromatic rings. The van der Waals surface area contributed by atoms with Crippen LogP contribution in [-0.4, -0.2) is 0 Å². The number of rotatable bonds is 0. The summed E-state index contributed by atoms with van der Waals surface area (Å²) in [7, 11) is 0. The first-order valence-corrected chi connectivity index (χ1v) is 5.02. The van der Waals surface area contributed by atoms with Crippen LogP contribution in [-0.2, 0) is 0 Å². The zero-order chi connectivity index (χ0) is 11.7. The van der Waals surface area contributed by atoms with Crippen LogP contribution in [0.3, 0.4) is 0 Å². The van der Waals surface area contributed by atoms with Gasteiger partial charge in [0.05, 0.1) is 23.3 Å². The lowest BCUT2D eigenvalue weighted by Gasteiger charge is -2.07. The van der Waals surface area contributed by atoms with E-state index >= 15 is 0 Å². The van der Waals surface area contributed by atoms with E-state index in [9.17, 15) is 0 Å². The summed E-state index contributed by atoms with van der Waals surface area (Å²) in [6.07, 6.45) is 0. The van der Waals surface area contributed by atoms with E-state index in [2.05, 4.69) is 12.1 Å². The summed E-state index contributed by atoms with van der Waals surface area (Å²) < 4.78 is 0. The maximum atomic E-state index is 8.95.